The summed E-state index contributed by atoms with van der Waals surface area (Å²) in [5.41, 5.74) is 5.65. The summed E-state index contributed by atoms with van der Waals surface area (Å²) in [6, 6.07) is 7.11. The summed E-state index contributed by atoms with van der Waals surface area (Å²) in [6.45, 7) is 2.14. The molecule has 0 aromatic heterocycles. The van der Waals surface area contributed by atoms with Gasteiger partial charge in [0.15, 0.2) is 0 Å². The van der Waals surface area contributed by atoms with Crippen LogP contribution >= 0.6 is 0 Å². The maximum absolute atomic E-state index is 12.1. The fourth-order valence-electron chi connectivity index (χ4n) is 2.13. The first-order chi connectivity index (χ1) is 10.6. The highest BCUT2D eigenvalue weighted by Crippen LogP contribution is 2.24. The number of rotatable bonds is 7. The number of morpholine rings is 1. The summed E-state index contributed by atoms with van der Waals surface area (Å²) in [5.74, 6) is -0.0243. The Kier molecular flexibility index (Phi) is 6.17. The lowest BCUT2D eigenvalue weighted by atomic mass is 10.2. The van der Waals surface area contributed by atoms with Gasteiger partial charge in [-0.15, -0.1) is 0 Å². The van der Waals surface area contributed by atoms with Crippen molar-refractivity contribution in [1.29, 1.82) is 0 Å². The van der Waals surface area contributed by atoms with Crippen molar-refractivity contribution in [2.75, 3.05) is 31.7 Å². The van der Waals surface area contributed by atoms with Gasteiger partial charge in [0.2, 0.25) is 11.8 Å². The number of anilines is 1. The molecular weight excluding hydrogens is 286 g/mol. The Balaban J connectivity index is 1.87. The van der Waals surface area contributed by atoms with Crippen LogP contribution in [0.3, 0.4) is 0 Å². The lowest BCUT2D eigenvalue weighted by Gasteiger charge is -2.23. The number of ether oxygens (including phenoxy) is 2. The standard InChI is InChI=1S/C15H21N3O4/c16-14(19)5-7-22-13-4-2-1-3-12(13)18-15(20)9-11-10-21-8-6-17-11/h1-4,11,17H,5-10H2,(H2,16,19)(H,18,20). The summed E-state index contributed by atoms with van der Waals surface area (Å²) in [5, 5.41) is 6.05. The molecule has 0 radical (unpaired) electrons. The Labute approximate surface area is 129 Å². The smallest absolute Gasteiger partial charge is 0.226 e. The van der Waals surface area contributed by atoms with E-state index in [-0.39, 0.29) is 25.0 Å². The summed E-state index contributed by atoms with van der Waals surface area (Å²) in [7, 11) is 0. The number of nitrogens with two attached hydrogens (primary N) is 1. The molecule has 2 rings (SSSR count). The Bertz CT molecular complexity index is 515. The fraction of sp³-hybridized carbons (Fsp3) is 0.467. The maximum atomic E-state index is 12.1. The van der Waals surface area contributed by atoms with E-state index in [1.54, 1.807) is 24.3 Å². The summed E-state index contributed by atoms with van der Waals surface area (Å²) in [4.78, 5) is 22.8. The van der Waals surface area contributed by atoms with Crippen LogP contribution in [0.2, 0.25) is 0 Å². The molecule has 120 valence electrons. The minimum absolute atomic E-state index is 0.0247. The van der Waals surface area contributed by atoms with Gasteiger partial charge in [0.05, 0.1) is 31.9 Å². The molecule has 1 atom stereocenters. The van der Waals surface area contributed by atoms with E-state index in [2.05, 4.69) is 10.6 Å². The normalized spacial score (nSPS) is 17.7. The molecular formula is C15H21N3O4. The van der Waals surface area contributed by atoms with Crippen molar-refractivity contribution < 1.29 is 19.1 Å². The highest BCUT2D eigenvalue weighted by Gasteiger charge is 2.17. The fourth-order valence-corrected chi connectivity index (χ4v) is 2.13. The highest BCUT2D eigenvalue weighted by molar-refractivity contribution is 5.92. The monoisotopic (exact) mass is 307 g/mol. The Morgan fingerprint density at radius 2 is 2.23 bits per heavy atom. The quantitative estimate of drug-likeness (QED) is 0.670. The van der Waals surface area contributed by atoms with Gasteiger partial charge in [-0.25, -0.2) is 0 Å². The van der Waals surface area contributed by atoms with Crippen LogP contribution in [-0.4, -0.2) is 44.2 Å². The van der Waals surface area contributed by atoms with Crippen molar-refractivity contribution in [3.63, 3.8) is 0 Å². The first-order valence-corrected chi connectivity index (χ1v) is 7.26. The third-order valence-electron chi connectivity index (χ3n) is 3.20. The van der Waals surface area contributed by atoms with Crippen molar-refractivity contribution in [2.24, 2.45) is 5.73 Å². The molecule has 1 heterocycles. The van der Waals surface area contributed by atoms with E-state index in [9.17, 15) is 9.59 Å². The van der Waals surface area contributed by atoms with E-state index >= 15 is 0 Å². The summed E-state index contributed by atoms with van der Waals surface area (Å²) >= 11 is 0. The van der Waals surface area contributed by atoms with Gasteiger partial charge in [-0.1, -0.05) is 12.1 Å². The van der Waals surface area contributed by atoms with Gasteiger partial charge >= 0.3 is 0 Å². The van der Waals surface area contributed by atoms with Crippen LogP contribution in [0.4, 0.5) is 5.69 Å². The first-order valence-electron chi connectivity index (χ1n) is 7.26. The van der Waals surface area contributed by atoms with Gasteiger partial charge in [0, 0.05) is 19.0 Å². The van der Waals surface area contributed by atoms with Gasteiger partial charge in [0.25, 0.3) is 0 Å². The lowest BCUT2D eigenvalue weighted by Crippen LogP contribution is -2.43. The summed E-state index contributed by atoms with van der Waals surface area (Å²) in [6.07, 6.45) is 0.460. The number of carbonyl (C=O) groups is 2. The number of benzene rings is 1. The molecule has 7 heteroatoms. The number of amides is 2. The molecule has 0 saturated carbocycles. The lowest BCUT2D eigenvalue weighted by molar-refractivity contribution is -0.119. The number of primary amides is 1. The minimum atomic E-state index is -0.426. The zero-order valence-electron chi connectivity index (χ0n) is 12.3. The van der Waals surface area contributed by atoms with Gasteiger partial charge in [-0.05, 0) is 12.1 Å². The molecule has 0 bridgehead atoms. The molecule has 1 aliphatic rings. The second-order valence-electron chi connectivity index (χ2n) is 5.04. The zero-order valence-corrected chi connectivity index (χ0v) is 12.3. The van der Waals surface area contributed by atoms with Gasteiger partial charge in [0.1, 0.15) is 5.75 Å². The van der Waals surface area contributed by atoms with Gasteiger partial charge in [-0.3, -0.25) is 9.59 Å². The SMILES string of the molecule is NC(=O)CCOc1ccccc1NC(=O)CC1COCCN1. The van der Waals surface area contributed by atoms with Crippen LogP contribution in [0.15, 0.2) is 24.3 Å². The maximum Gasteiger partial charge on any atom is 0.226 e. The first kappa shape index (κ1) is 16.3. The number of carbonyl (C=O) groups excluding carboxylic acids is 2. The van der Waals surface area contributed by atoms with Crippen molar-refractivity contribution in [1.82, 2.24) is 5.32 Å². The number of nitrogens with one attached hydrogen (secondary N) is 2. The molecule has 7 nitrogen and oxygen atoms in total. The van der Waals surface area contributed by atoms with Gasteiger partial charge < -0.3 is 25.8 Å². The molecule has 1 aromatic carbocycles. The Morgan fingerprint density at radius 1 is 1.41 bits per heavy atom. The molecule has 1 aliphatic heterocycles. The molecule has 4 N–H and O–H groups in total. The molecule has 0 spiro atoms. The molecule has 2 amide bonds. The van der Waals surface area contributed by atoms with Crippen molar-refractivity contribution in [3.05, 3.63) is 24.3 Å². The van der Waals surface area contributed by atoms with E-state index in [0.717, 1.165) is 6.54 Å². The Hall–Kier alpha value is -2.12. The van der Waals surface area contributed by atoms with Crippen LogP contribution < -0.4 is 21.1 Å². The van der Waals surface area contributed by atoms with Crippen molar-refractivity contribution >= 4 is 17.5 Å². The van der Waals surface area contributed by atoms with E-state index in [1.165, 1.54) is 0 Å². The molecule has 1 aromatic rings. The minimum Gasteiger partial charge on any atom is -0.491 e. The zero-order chi connectivity index (χ0) is 15.8. The largest absolute Gasteiger partial charge is 0.491 e. The predicted octanol–water partition coefficient (Wildman–Crippen LogP) is 0.258. The number of para-hydroxylation sites is 2. The molecule has 0 aliphatic carbocycles. The molecule has 1 unspecified atom stereocenters. The van der Waals surface area contributed by atoms with E-state index in [4.69, 9.17) is 15.2 Å². The van der Waals surface area contributed by atoms with Crippen LogP contribution in [0.1, 0.15) is 12.8 Å². The van der Waals surface area contributed by atoms with Gasteiger partial charge in [-0.2, -0.15) is 0 Å². The van der Waals surface area contributed by atoms with Crippen molar-refractivity contribution in [2.45, 2.75) is 18.9 Å². The van der Waals surface area contributed by atoms with Crippen molar-refractivity contribution in [3.8, 4) is 5.75 Å². The molecule has 1 saturated heterocycles. The third-order valence-corrected chi connectivity index (χ3v) is 3.20. The van der Waals surface area contributed by atoms with E-state index < -0.39 is 5.91 Å². The van der Waals surface area contributed by atoms with Crippen LogP contribution in [0.5, 0.6) is 5.75 Å². The average molecular weight is 307 g/mol. The van der Waals surface area contributed by atoms with E-state index in [0.29, 0.717) is 31.1 Å². The second kappa shape index (κ2) is 8.35. The van der Waals surface area contributed by atoms with Crippen LogP contribution in [0.25, 0.3) is 0 Å². The average Bonchev–Trinajstić information content (AvgIpc) is 2.49. The van der Waals surface area contributed by atoms with Crippen LogP contribution in [-0.2, 0) is 14.3 Å². The topological polar surface area (TPSA) is 103 Å². The second-order valence-corrected chi connectivity index (χ2v) is 5.04. The molecule has 1 fully saturated rings. The number of hydrogen-bond acceptors (Lipinski definition) is 5. The third kappa shape index (κ3) is 5.34. The number of hydrogen-bond donors (Lipinski definition) is 3. The predicted molar refractivity (Wildman–Crippen MR) is 81.6 cm³/mol. The summed E-state index contributed by atoms with van der Waals surface area (Å²) < 4.78 is 10.8. The highest BCUT2D eigenvalue weighted by atomic mass is 16.5. The molecule has 22 heavy (non-hydrogen) atoms. The van der Waals surface area contributed by atoms with E-state index in [1.807, 2.05) is 0 Å². The Morgan fingerprint density at radius 3 is 2.95 bits per heavy atom. The van der Waals surface area contributed by atoms with Crippen LogP contribution in [0, 0.1) is 0 Å².